The van der Waals surface area contributed by atoms with Gasteiger partial charge in [-0.2, -0.15) is 0 Å². The summed E-state index contributed by atoms with van der Waals surface area (Å²) in [6, 6.07) is 10.4. The van der Waals surface area contributed by atoms with Crippen LogP contribution in [0.15, 0.2) is 42.7 Å². The fourth-order valence-electron chi connectivity index (χ4n) is 2.34. The van der Waals surface area contributed by atoms with Crippen LogP contribution in [-0.2, 0) is 13.1 Å². The summed E-state index contributed by atoms with van der Waals surface area (Å²) in [5, 5.41) is 10.8. The molecule has 0 bridgehead atoms. The summed E-state index contributed by atoms with van der Waals surface area (Å²) in [6.07, 6.45) is 4.08. The van der Waals surface area contributed by atoms with Gasteiger partial charge in [-0.3, -0.25) is 0 Å². The lowest BCUT2D eigenvalue weighted by atomic mass is 10.2. The van der Waals surface area contributed by atoms with Gasteiger partial charge in [0.2, 0.25) is 0 Å². The molecule has 0 N–H and O–H groups in total. The topological polar surface area (TPSA) is 31.9 Å². The average molecular weight is 244 g/mol. The normalized spacial score (nSPS) is 11.1. The van der Waals surface area contributed by atoms with Crippen LogP contribution >= 0.6 is 0 Å². The average Bonchev–Trinajstić information content (AvgIpc) is 2.74. The molecule has 0 saturated carbocycles. The number of hydrogen-bond acceptors (Lipinski definition) is 1. The van der Waals surface area contributed by atoms with Crippen LogP contribution in [0.2, 0.25) is 0 Å². The van der Waals surface area contributed by atoms with Crippen molar-refractivity contribution < 1.29 is 9.67 Å². The van der Waals surface area contributed by atoms with Gasteiger partial charge < -0.3 is 5.11 Å². The molecule has 1 heterocycles. The first-order valence-corrected chi connectivity index (χ1v) is 6.43. The number of hydrogen-bond donors (Lipinski definition) is 0. The molecule has 3 nitrogen and oxygen atoms in total. The highest BCUT2D eigenvalue weighted by Crippen LogP contribution is 2.11. The Hall–Kier alpha value is -1.61. The number of benzene rings is 1. The zero-order valence-corrected chi connectivity index (χ0v) is 11.0. The van der Waals surface area contributed by atoms with Gasteiger partial charge in [-0.25, -0.2) is 9.13 Å². The van der Waals surface area contributed by atoms with E-state index in [1.165, 1.54) is 11.4 Å². The molecule has 1 aromatic carbocycles. The Balaban J connectivity index is 2.28. The minimum atomic E-state index is -0.0697. The second-order valence-corrected chi connectivity index (χ2v) is 4.82. The Morgan fingerprint density at radius 2 is 1.94 bits per heavy atom. The lowest BCUT2D eigenvalue weighted by molar-refractivity contribution is -0.696. The van der Waals surface area contributed by atoms with Crippen molar-refractivity contribution in [3.8, 4) is 0 Å². The van der Waals surface area contributed by atoms with Gasteiger partial charge in [0, 0.05) is 0 Å². The summed E-state index contributed by atoms with van der Waals surface area (Å²) in [4.78, 5) is 0. The van der Waals surface area contributed by atoms with Crippen LogP contribution in [0.4, 0.5) is 0 Å². The van der Waals surface area contributed by atoms with Gasteiger partial charge >= 0.3 is 0 Å². The predicted molar refractivity (Wildman–Crippen MR) is 69.1 cm³/mol. The van der Waals surface area contributed by atoms with Crippen LogP contribution in [-0.4, -0.2) is 11.2 Å². The molecule has 3 heteroatoms. The molecule has 96 valence electrons. The van der Waals surface area contributed by atoms with E-state index in [1.807, 2.05) is 12.3 Å². The first-order valence-electron chi connectivity index (χ1n) is 6.43. The van der Waals surface area contributed by atoms with E-state index in [4.69, 9.17) is 0 Å². The monoisotopic (exact) mass is 244 g/mol. The Morgan fingerprint density at radius 3 is 2.56 bits per heavy atom. The van der Waals surface area contributed by atoms with Crippen molar-refractivity contribution in [1.82, 2.24) is 4.57 Å². The number of aromatic nitrogens is 2. The first kappa shape index (κ1) is 12.8. The summed E-state index contributed by atoms with van der Waals surface area (Å²) in [5.41, 5.74) is 1.28. The molecule has 0 unspecified atom stereocenters. The van der Waals surface area contributed by atoms with Crippen molar-refractivity contribution in [1.29, 1.82) is 0 Å². The van der Waals surface area contributed by atoms with Gasteiger partial charge in [0.05, 0.1) is 12.5 Å². The molecular weight excluding hydrogens is 224 g/mol. The number of nitrogens with zero attached hydrogens (tertiary/aromatic N) is 2. The van der Waals surface area contributed by atoms with Crippen molar-refractivity contribution >= 4 is 0 Å². The van der Waals surface area contributed by atoms with Crippen LogP contribution in [0.1, 0.15) is 31.2 Å². The van der Waals surface area contributed by atoms with Crippen LogP contribution in [0.3, 0.4) is 0 Å². The molecule has 0 fully saturated rings. The van der Waals surface area contributed by atoms with E-state index in [0.717, 1.165) is 6.54 Å². The highest BCUT2D eigenvalue weighted by Gasteiger charge is 2.19. The van der Waals surface area contributed by atoms with Crippen LogP contribution in [0.5, 0.6) is 0 Å². The summed E-state index contributed by atoms with van der Waals surface area (Å²) in [7, 11) is 0. The van der Waals surface area contributed by atoms with Gasteiger partial charge in [0.1, 0.15) is 18.9 Å². The standard InChI is InChI=1S/C15H20N2O/c1-13(2)15-16(10-11-18)8-9-17(15)12-14-6-4-3-5-7-14/h3-9,13H,10-12H2,1-2H3. The number of rotatable bonds is 5. The van der Waals surface area contributed by atoms with E-state index in [1.54, 1.807) is 0 Å². The molecule has 0 aliphatic heterocycles. The number of imidazole rings is 1. The van der Waals surface area contributed by atoms with Crippen molar-refractivity contribution in [2.45, 2.75) is 32.9 Å². The Morgan fingerprint density at radius 1 is 1.22 bits per heavy atom. The fraction of sp³-hybridized carbons (Fsp3) is 0.400. The van der Waals surface area contributed by atoms with E-state index in [0.29, 0.717) is 12.5 Å². The van der Waals surface area contributed by atoms with Crippen LogP contribution < -0.4 is 9.67 Å². The summed E-state index contributed by atoms with van der Waals surface area (Å²) < 4.78 is 4.30. The maximum Gasteiger partial charge on any atom is 0.259 e. The molecule has 1 aromatic heterocycles. The van der Waals surface area contributed by atoms with Gasteiger partial charge in [0.15, 0.2) is 0 Å². The van der Waals surface area contributed by atoms with Crippen LogP contribution in [0, 0.1) is 0 Å². The fourth-order valence-corrected chi connectivity index (χ4v) is 2.34. The smallest absolute Gasteiger partial charge is 0.259 e. The highest BCUT2D eigenvalue weighted by molar-refractivity contribution is 5.13. The molecule has 0 atom stereocenters. The third-order valence-electron chi connectivity index (χ3n) is 3.06. The quantitative estimate of drug-likeness (QED) is 0.730. The molecular formula is C15H20N2O. The van der Waals surface area contributed by atoms with Gasteiger partial charge in [-0.1, -0.05) is 44.2 Å². The minimum Gasteiger partial charge on any atom is -0.852 e. The Bertz CT molecular complexity index is 488. The Kier molecular flexibility index (Phi) is 4.15. The second kappa shape index (κ2) is 5.83. The molecule has 18 heavy (non-hydrogen) atoms. The van der Waals surface area contributed by atoms with Gasteiger partial charge in [0.25, 0.3) is 5.82 Å². The minimum absolute atomic E-state index is 0.0697. The first-order chi connectivity index (χ1) is 8.72. The van der Waals surface area contributed by atoms with Crippen molar-refractivity contribution in [3.63, 3.8) is 0 Å². The predicted octanol–water partition coefficient (Wildman–Crippen LogP) is 1.31. The molecule has 0 radical (unpaired) electrons. The summed E-state index contributed by atoms with van der Waals surface area (Å²) in [6.45, 7) is 5.67. The van der Waals surface area contributed by atoms with Crippen LogP contribution in [0.25, 0.3) is 0 Å². The molecule has 0 aliphatic carbocycles. The maximum atomic E-state index is 10.8. The third-order valence-corrected chi connectivity index (χ3v) is 3.06. The molecule has 0 saturated heterocycles. The van der Waals surface area contributed by atoms with Crippen molar-refractivity contribution in [2.75, 3.05) is 6.61 Å². The van der Waals surface area contributed by atoms with Gasteiger partial charge in [-0.05, 0) is 5.56 Å². The zero-order valence-electron chi connectivity index (χ0n) is 11.0. The van der Waals surface area contributed by atoms with E-state index in [-0.39, 0.29) is 6.61 Å². The maximum absolute atomic E-state index is 10.8. The molecule has 2 rings (SSSR count). The molecule has 0 spiro atoms. The van der Waals surface area contributed by atoms with E-state index >= 15 is 0 Å². The van der Waals surface area contributed by atoms with Crippen molar-refractivity contribution in [2.24, 2.45) is 0 Å². The summed E-state index contributed by atoms with van der Waals surface area (Å²) in [5.74, 6) is 1.63. The Labute approximate surface area is 108 Å². The molecule has 0 aliphatic rings. The lowest BCUT2D eigenvalue weighted by Gasteiger charge is -2.09. The SMILES string of the molecule is CC(C)c1n(CC[O-])cc[n+]1Cc1ccccc1. The largest absolute Gasteiger partial charge is 0.852 e. The van der Waals surface area contributed by atoms with E-state index in [2.05, 4.69) is 53.4 Å². The highest BCUT2D eigenvalue weighted by atomic mass is 16.3. The van der Waals surface area contributed by atoms with Crippen molar-refractivity contribution in [3.05, 3.63) is 54.1 Å². The lowest BCUT2D eigenvalue weighted by Crippen LogP contribution is -2.38. The zero-order chi connectivity index (χ0) is 13.0. The van der Waals surface area contributed by atoms with E-state index in [9.17, 15) is 5.11 Å². The van der Waals surface area contributed by atoms with E-state index < -0.39 is 0 Å². The molecule has 2 aromatic rings. The third kappa shape index (κ3) is 2.79. The van der Waals surface area contributed by atoms with Gasteiger partial charge in [-0.15, -0.1) is 6.61 Å². The summed E-state index contributed by atoms with van der Waals surface area (Å²) >= 11 is 0. The molecule has 0 amide bonds. The second-order valence-electron chi connectivity index (χ2n) is 4.82.